The van der Waals surface area contributed by atoms with Crippen LogP contribution in [0.25, 0.3) is 0 Å². The van der Waals surface area contributed by atoms with Gasteiger partial charge in [0.1, 0.15) is 23.0 Å². The summed E-state index contributed by atoms with van der Waals surface area (Å²) in [6.45, 7) is 5.53. The standard InChI is InChI=1S/C11H12N2O3/c1-11(2,3)16-9-5-4-8(7-12)10(6-9)13(14)15/h4-6H,1-3H3. The van der Waals surface area contributed by atoms with Crippen LogP contribution in [0.15, 0.2) is 18.2 Å². The molecule has 0 N–H and O–H groups in total. The minimum Gasteiger partial charge on any atom is -0.488 e. The van der Waals surface area contributed by atoms with Crippen molar-refractivity contribution in [3.63, 3.8) is 0 Å². The van der Waals surface area contributed by atoms with E-state index >= 15 is 0 Å². The van der Waals surface area contributed by atoms with Crippen molar-refractivity contribution in [1.29, 1.82) is 5.26 Å². The molecule has 1 rings (SSSR count). The van der Waals surface area contributed by atoms with E-state index in [1.54, 1.807) is 12.1 Å². The topological polar surface area (TPSA) is 76.2 Å². The van der Waals surface area contributed by atoms with Crippen LogP contribution in [0.3, 0.4) is 0 Å². The monoisotopic (exact) mass is 220 g/mol. The maximum absolute atomic E-state index is 10.7. The highest BCUT2D eigenvalue weighted by Gasteiger charge is 2.18. The van der Waals surface area contributed by atoms with Gasteiger partial charge in [-0.25, -0.2) is 0 Å². The molecule has 0 spiro atoms. The van der Waals surface area contributed by atoms with E-state index in [1.807, 2.05) is 20.8 Å². The van der Waals surface area contributed by atoms with E-state index in [9.17, 15) is 10.1 Å². The number of rotatable bonds is 2. The molecule has 16 heavy (non-hydrogen) atoms. The Hall–Kier alpha value is -2.09. The zero-order valence-corrected chi connectivity index (χ0v) is 9.35. The van der Waals surface area contributed by atoms with Gasteiger partial charge in [0.25, 0.3) is 5.69 Å². The molecule has 0 saturated heterocycles. The molecule has 0 saturated carbocycles. The maximum atomic E-state index is 10.7. The molecule has 0 heterocycles. The molecule has 5 heteroatoms. The van der Waals surface area contributed by atoms with Crippen LogP contribution in [-0.4, -0.2) is 10.5 Å². The molecule has 0 aliphatic heterocycles. The Morgan fingerprint density at radius 3 is 2.50 bits per heavy atom. The van der Waals surface area contributed by atoms with Crippen LogP contribution in [0.2, 0.25) is 0 Å². The Morgan fingerprint density at radius 1 is 1.44 bits per heavy atom. The molecule has 0 bridgehead atoms. The summed E-state index contributed by atoms with van der Waals surface area (Å²) in [6, 6.07) is 5.98. The van der Waals surface area contributed by atoms with Gasteiger partial charge >= 0.3 is 0 Å². The fraction of sp³-hybridized carbons (Fsp3) is 0.364. The first kappa shape index (κ1) is 12.0. The van der Waals surface area contributed by atoms with Crippen LogP contribution in [-0.2, 0) is 0 Å². The Labute approximate surface area is 93.4 Å². The Morgan fingerprint density at radius 2 is 2.06 bits per heavy atom. The lowest BCUT2D eigenvalue weighted by Crippen LogP contribution is -2.22. The zero-order valence-electron chi connectivity index (χ0n) is 9.35. The molecule has 1 aromatic rings. The molecule has 84 valence electrons. The first-order chi connectivity index (χ1) is 7.33. The van der Waals surface area contributed by atoms with Crippen molar-refractivity contribution in [2.45, 2.75) is 26.4 Å². The number of nitriles is 1. The highest BCUT2D eigenvalue weighted by atomic mass is 16.6. The highest BCUT2D eigenvalue weighted by Crippen LogP contribution is 2.26. The van der Waals surface area contributed by atoms with Crippen LogP contribution < -0.4 is 4.74 Å². The van der Waals surface area contributed by atoms with Crippen molar-refractivity contribution >= 4 is 5.69 Å². The molecule has 0 radical (unpaired) electrons. The number of nitro benzene ring substituents is 1. The Kier molecular flexibility index (Phi) is 3.14. The van der Waals surface area contributed by atoms with E-state index in [4.69, 9.17) is 10.00 Å². The van der Waals surface area contributed by atoms with Crippen LogP contribution in [0.5, 0.6) is 5.75 Å². The average Bonchev–Trinajstić information content (AvgIpc) is 2.15. The third-order valence-electron chi connectivity index (χ3n) is 1.71. The van der Waals surface area contributed by atoms with E-state index < -0.39 is 10.5 Å². The van der Waals surface area contributed by atoms with Gasteiger partial charge < -0.3 is 4.74 Å². The van der Waals surface area contributed by atoms with E-state index in [1.165, 1.54) is 12.1 Å². The van der Waals surface area contributed by atoms with Crippen molar-refractivity contribution in [2.24, 2.45) is 0 Å². The lowest BCUT2D eigenvalue weighted by Gasteiger charge is -2.20. The quantitative estimate of drug-likeness (QED) is 0.567. The number of benzene rings is 1. The maximum Gasteiger partial charge on any atom is 0.290 e. The van der Waals surface area contributed by atoms with Gasteiger partial charge in [-0.2, -0.15) is 5.26 Å². The number of nitro groups is 1. The largest absolute Gasteiger partial charge is 0.488 e. The van der Waals surface area contributed by atoms with Gasteiger partial charge in [-0.15, -0.1) is 0 Å². The summed E-state index contributed by atoms with van der Waals surface area (Å²) in [6.07, 6.45) is 0. The van der Waals surface area contributed by atoms with Crippen molar-refractivity contribution in [1.82, 2.24) is 0 Å². The minimum atomic E-state index is -0.589. The second-order valence-electron chi connectivity index (χ2n) is 4.26. The first-order valence-electron chi connectivity index (χ1n) is 4.71. The lowest BCUT2D eigenvalue weighted by molar-refractivity contribution is -0.385. The highest BCUT2D eigenvalue weighted by molar-refractivity contribution is 5.52. The summed E-state index contributed by atoms with van der Waals surface area (Å²) in [5.41, 5.74) is -0.627. The molecule has 0 aliphatic rings. The summed E-state index contributed by atoms with van der Waals surface area (Å²) in [7, 11) is 0. The van der Waals surface area contributed by atoms with Gasteiger partial charge in [-0.3, -0.25) is 10.1 Å². The van der Waals surface area contributed by atoms with Gasteiger partial charge in [0.15, 0.2) is 0 Å². The van der Waals surface area contributed by atoms with Crippen molar-refractivity contribution in [3.8, 4) is 11.8 Å². The molecule has 0 aromatic heterocycles. The minimum absolute atomic E-state index is 0.0336. The molecule has 0 unspecified atom stereocenters. The smallest absolute Gasteiger partial charge is 0.290 e. The van der Waals surface area contributed by atoms with Crippen LogP contribution in [0.1, 0.15) is 26.3 Å². The second kappa shape index (κ2) is 4.19. The van der Waals surface area contributed by atoms with Crippen LogP contribution >= 0.6 is 0 Å². The summed E-state index contributed by atoms with van der Waals surface area (Å²) in [4.78, 5) is 10.1. The molecular weight excluding hydrogens is 208 g/mol. The molecule has 0 aliphatic carbocycles. The molecule has 5 nitrogen and oxygen atoms in total. The molecule has 1 aromatic carbocycles. The van der Waals surface area contributed by atoms with E-state index in [0.29, 0.717) is 5.75 Å². The zero-order chi connectivity index (χ0) is 12.3. The van der Waals surface area contributed by atoms with Gasteiger partial charge in [-0.05, 0) is 32.9 Å². The van der Waals surface area contributed by atoms with Crippen molar-refractivity contribution in [3.05, 3.63) is 33.9 Å². The van der Waals surface area contributed by atoms with Crippen LogP contribution in [0, 0.1) is 21.4 Å². The third kappa shape index (κ3) is 2.95. The van der Waals surface area contributed by atoms with E-state index in [0.717, 1.165) is 0 Å². The number of nitrogens with zero attached hydrogens (tertiary/aromatic N) is 2. The van der Waals surface area contributed by atoms with Gasteiger partial charge in [0.05, 0.1) is 11.0 Å². The third-order valence-corrected chi connectivity index (χ3v) is 1.71. The molecular formula is C11H12N2O3. The summed E-state index contributed by atoms with van der Waals surface area (Å²) >= 11 is 0. The van der Waals surface area contributed by atoms with Gasteiger partial charge in [0, 0.05) is 0 Å². The fourth-order valence-electron chi connectivity index (χ4n) is 1.17. The molecule has 0 fully saturated rings. The second-order valence-corrected chi connectivity index (χ2v) is 4.26. The summed E-state index contributed by atoms with van der Waals surface area (Å²) < 4.78 is 5.48. The number of hydrogen-bond acceptors (Lipinski definition) is 4. The normalized spacial score (nSPS) is 10.6. The van der Waals surface area contributed by atoms with Crippen molar-refractivity contribution < 1.29 is 9.66 Å². The van der Waals surface area contributed by atoms with Crippen molar-refractivity contribution in [2.75, 3.05) is 0 Å². The average molecular weight is 220 g/mol. The SMILES string of the molecule is CC(C)(C)Oc1ccc(C#N)c([N+](=O)[O-])c1. The fourth-order valence-corrected chi connectivity index (χ4v) is 1.17. The van der Waals surface area contributed by atoms with Gasteiger partial charge in [0.2, 0.25) is 0 Å². The summed E-state index contributed by atoms with van der Waals surface area (Å²) in [5, 5.41) is 19.4. The van der Waals surface area contributed by atoms with E-state index in [2.05, 4.69) is 0 Å². The lowest BCUT2D eigenvalue weighted by atomic mass is 10.1. The Bertz CT molecular complexity index is 455. The van der Waals surface area contributed by atoms with E-state index in [-0.39, 0.29) is 11.3 Å². The number of hydrogen-bond donors (Lipinski definition) is 0. The summed E-state index contributed by atoms with van der Waals surface area (Å²) in [5.74, 6) is 0.387. The molecule has 0 atom stereocenters. The van der Waals surface area contributed by atoms with Gasteiger partial charge in [-0.1, -0.05) is 0 Å². The van der Waals surface area contributed by atoms with Crippen LogP contribution in [0.4, 0.5) is 5.69 Å². The molecule has 0 amide bonds. The predicted molar refractivity (Wildman–Crippen MR) is 58.2 cm³/mol. The number of ether oxygens (including phenoxy) is 1. The Balaban J connectivity index is 3.14. The predicted octanol–water partition coefficient (Wildman–Crippen LogP) is 2.64. The first-order valence-corrected chi connectivity index (χ1v) is 4.71.